The smallest absolute Gasteiger partial charge is 0.257 e. The van der Waals surface area contributed by atoms with Gasteiger partial charge in [-0.1, -0.05) is 54.6 Å². The van der Waals surface area contributed by atoms with Crippen LogP contribution in [-0.2, 0) is 11.2 Å². The van der Waals surface area contributed by atoms with Crippen LogP contribution in [0.15, 0.2) is 72.8 Å². The number of rotatable bonds is 6. The molecule has 3 aromatic carbocycles. The number of ether oxygens (including phenoxy) is 2. The van der Waals surface area contributed by atoms with Gasteiger partial charge in [-0.2, -0.15) is 0 Å². The molecular formula is C27H28N2O4. The van der Waals surface area contributed by atoms with Crippen LogP contribution in [0.2, 0.25) is 0 Å². The van der Waals surface area contributed by atoms with Gasteiger partial charge in [0, 0.05) is 19.6 Å². The van der Waals surface area contributed by atoms with Crippen molar-refractivity contribution in [3.05, 3.63) is 83.9 Å². The zero-order valence-corrected chi connectivity index (χ0v) is 18.9. The number of amides is 2. The molecule has 0 aromatic heterocycles. The molecule has 4 rings (SSSR count). The molecule has 1 aliphatic rings. The molecule has 1 heterocycles. The molecule has 0 aliphatic carbocycles. The van der Waals surface area contributed by atoms with E-state index < -0.39 is 0 Å². The van der Waals surface area contributed by atoms with Gasteiger partial charge >= 0.3 is 0 Å². The molecule has 1 aliphatic heterocycles. The van der Waals surface area contributed by atoms with Crippen LogP contribution in [0.3, 0.4) is 0 Å². The molecule has 6 nitrogen and oxygen atoms in total. The lowest BCUT2D eigenvalue weighted by atomic mass is 9.96. The number of hydrogen-bond acceptors (Lipinski definition) is 4. The highest BCUT2D eigenvalue weighted by Gasteiger charge is 2.29. The topological polar surface area (TPSA) is 67.9 Å². The maximum atomic E-state index is 13.4. The molecule has 0 spiro atoms. The molecule has 0 bridgehead atoms. The summed E-state index contributed by atoms with van der Waals surface area (Å²) in [6.07, 6.45) is 0.555. The molecule has 0 unspecified atom stereocenters. The predicted molar refractivity (Wildman–Crippen MR) is 128 cm³/mol. The first-order chi connectivity index (χ1) is 16.1. The molecular weight excluding hydrogens is 416 g/mol. The van der Waals surface area contributed by atoms with Crippen molar-refractivity contribution < 1.29 is 19.1 Å². The van der Waals surface area contributed by atoms with Gasteiger partial charge in [-0.25, -0.2) is 0 Å². The molecule has 3 aromatic rings. The number of methoxy groups -OCH3 is 2. The Kier molecular flexibility index (Phi) is 6.93. The third-order valence-electron chi connectivity index (χ3n) is 5.96. The van der Waals surface area contributed by atoms with E-state index in [0.29, 0.717) is 43.1 Å². The Morgan fingerprint density at radius 3 is 2.39 bits per heavy atom. The van der Waals surface area contributed by atoms with E-state index in [1.54, 1.807) is 30.2 Å². The van der Waals surface area contributed by atoms with E-state index in [0.717, 1.165) is 16.7 Å². The molecule has 6 heteroatoms. The fraction of sp³-hybridized carbons (Fsp3) is 0.259. The van der Waals surface area contributed by atoms with Crippen molar-refractivity contribution in [3.63, 3.8) is 0 Å². The summed E-state index contributed by atoms with van der Waals surface area (Å²) in [5.74, 6) is 0.521. The predicted octanol–water partition coefficient (Wildman–Crippen LogP) is 3.80. The van der Waals surface area contributed by atoms with Gasteiger partial charge in [-0.3, -0.25) is 9.59 Å². The monoisotopic (exact) mass is 444 g/mol. The standard InChI is InChI=1S/C27H28N2O4/c1-32-23-12-13-25(33-2)24(17-23)27(31)29-15-14-28-26(30)22(18-29)16-19-8-10-21(11-9-19)20-6-4-3-5-7-20/h3-13,17,22H,14-16,18H2,1-2H3,(H,28,30)/t22-/m1/s1. The summed E-state index contributed by atoms with van der Waals surface area (Å²) in [6, 6.07) is 23.6. The van der Waals surface area contributed by atoms with Gasteiger partial charge in [0.25, 0.3) is 5.91 Å². The summed E-state index contributed by atoms with van der Waals surface area (Å²) in [5, 5.41) is 2.95. The third-order valence-corrected chi connectivity index (χ3v) is 5.96. The van der Waals surface area contributed by atoms with Gasteiger partial charge in [0.2, 0.25) is 5.91 Å². The first-order valence-corrected chi connectivity index (χ1v) is 11.0. The molecule has 33 heavy (non-hydrogen) atoms. The van der Waals surface area contributed by atoms with E-state index in [2.05, 4.69) is 41.7 Å². The van der Waals surface area contributed by atoms with E-state index in [-0.39, 0.29) is 17.7 Å². The second-order valence-corrected chi connectivity index (χ2v) is 8.07. The molecule has 0 radical (unpaired) electrons. The Hall–Kier alpha value is -3.80. The summed E-state index contributed by atoms with van der Waals surface area (Å²) in [6.45, 7) is 1.19. The Balaban J connectivity index is 1.51. The summed E-state index contributed by atoms with van der Waals surface area (Å²) in [5.41, 5.74) is 3.77. The average molecular weight is 445 g/mol. The van der Waals surface area contributed by atoms with E-state index in [9.17, 15) is 9.59 Å². The highest BCUT2D eigenvalue weighted by molar-refractivity contribution is 5.98. The largest absolute Gasteiger partial charge is 0.497 e. The van der Waals surface area contributed by atoms with E-state index in [1.165, 1.54) is 7.11 Å². The highest BCUT2D eigenvalue weighted by atomic mass is 16.5. The van der Waals surface area contributed by atoms with Gasteiger partial charge in [-0.15, -0.1) is 0 Å². The molecule has 1 N–H and O–H groups in total. The minimum atomic E-state index is -0.337. The van der Waals surface area contributed by atoms with Crippen LogP contribution in [0.4, 0.5) is 0 Å². The van der Waals surface area contributed by atoms with Crippen molar-refractivity contribution in [1.82, 2.24) is 10.2 Å². The van der Waals surface area contributed by atoms with Crippen LogP contribution in [0, 0.1) is 5.92 Å². The zero-order chi connectivity index (χ0) is 23.2. The van der Waals surface area contributed by atoms with Gasteiger partial charge in [0.05, 0.1) is 25.7 Å². The van der Waals surface area contributed by atoms with Gasteiger partial charge < -0.3 is 19.7 Å². The number of nitrogens with zero attached hydrogens (tertiary/aromatic N) is 1. The maximum absolute atomic E-state index is 13.4. The SMILES string of the molecule is COc1ccc(OC)c(C(=O)N2CCNC(=O)[C@H](Cc3ccc(-c4ccccc4)cc3)C2)c1. The first kappa shape index (κ1) is 22.4. The molecule has 1 fully saturated rings. The van der Waals surface area contributed by atoms with Crippen LogP contribution in [-0.4, -0.2) is 50.6 Å². The first-order valence-electron chi connectivity index (χ1n) is 11.0. The molecule has 0 saturated carbocycles. The minimum absolute atomic E-state index is 0.0324. The van der Waals surface area contributed by atoms with Crippen LogP contribution in [0.1, 0.15) is 15.9 Å². The minimum Gasteiger partial charge on any atom is -0.497 e. The highest BCUT2D eigenvalue weighted by Crippen LogP contribution is 2.27. The fourth-order valence-corrected chi connectivity index (χ4v) is 4.14. The van der Waals surface area contributed by atoms with Crippen LogP contribution < -0.4 is 14.8 Å². The van der Waals surface area contributed by atoms with Crippen molar-refractivity contribution >= 4 is 11.8 Å². The van der Waals surface area contributed by atoms with Gasteiger partial charge in [0.15, 0.2) is 0 Å². The Bertz CT molecular complexity index is 1110. The lowest BCUT2D eigenvalue weighted by Gasteiger charge is -2.24. The lowest BCUT2D eigenvalue weighted by molar-refractivity contribution is -0.124. The quantitative estimate of drug-likeness (QED) is 0.628. The third kappa shape index (κ3) is 5.17. The molecule has 1 atom stereocenters. The van der Waals surface area contributed by atoms with Gasteiger partial charge in [0.1, 0.15) is 11.5 Å². The second kappa shape index (κ2) is 10.2. The van der Waals surface area contributed by atoms with Crippen LogP contribution in [0.25, 0.3) is 11.1 Å². The second-order valence-electron chi connectivity index (χ2n) is 8.07. The van der Waals surface area contributed by atoms with Crippen LogP contribution in [0.5, 0.6) is 11.5 Å². The maximum Gasteiger partial charge on any atom is 0.257 e. The van der Waals surface area contributed by atoms with Crippen molar-refractivity contribution in [2.24, 2.45) is 5.92 Å². The summed E-state index contributed by atoms with van der Waals surface area (Å²) in [7, 11) is 3.09. The van der Waals surface area contributed by atoms with E-state index >= 15 is 0 Å². The van der Waals surface area contributed by atoms with Gasteiger partial charge in [-0.05, 0) is 41.3 Å². The van der Waals surface area contributed by atoms with E-state index in [4.69, 9.17) is 9.47 Å². The summed E-state index contributed by atoms with van der Waals surface area (Å²) in [4.78, 5) is 27.8. The fourth-order valence-electron chi connectivity index (χ4n) is 4.14. The van der Waals surface area contributed by atoms with Crippen molar-refractivity contribution in [2.75, 3.05) is 33.9 Å². The Morgan fingerprint density at radius 1 is 0.970 bits per heavy atom. The van der Waals surface area contributed by atoms with Crippen molar-refractivity contribution in [1.29, 1.82) is 0 Å². The Labute approximate surface area is 194 Å². The summed E-state index contributed by atoms with van der Waals surface area (Å²) < 4.78 is 10.7. The molecule has 1 saturated heterocycles. The normalized spacial score (nSPS) is 16.0. The lowest BCUT2D eigenvalue weighted by Crippen LogP contribution is -2.37. The van der Waals surface area contributed by atoms with Crippen molar-refractivity contribution in [2.45, 2.75) is 6.42 Å². The molecule has 170 valence electrons. The van der Waals surface area contributed by atoms with E-state index in [1.807, 2.05) is 18.2 Å². The molecule has 2 amide bonds. The Morgan fingerprint density at radius 2 is 1.70 bits per heavy atom. The average Bonchev–Trinajstić information content (AvgIpc) is 3.05. The number of benzene rings is 3. The summed E-state index contributed by atoms with van der Waals surface area (Å²) >= 11 is 0. The number of hydrogen-bond donors (Lipinski definition) is 1. The number of nitrogens with one attached hydrogen (secondary N) is 1. The zero-order valence-electron chi connectivity index (χ0n) is 18.9. The van der Waals surface area contributed by atoms with Crippen LogP contribution >= 0.6 is 0 Å². The number of carbonyl (C=O) groups excluding carboxylic acids is 2. The number of carbonyl (C=O) groups is 2. The van der Waals surface area contributed by atoms with Crippen molar-refractivity contribution in [3.8, 4) is 22.6 Å².